The van der Waals surface area contributed by atoms with Crippen molar-refractivity contribution in [3.8, 4) is 0 Å². The van der Waals surface area contributed by atoms with Crippen molar-refractivity contribution in [1.82, 2.24) is 9.88 Å². The third-order valence-electron chi connectivity index (χ3n) is 4.83. The fourth-order valence-corrected chi connectivity index (χ4v) is 3.53. The SMILES string of the molecule is Cc1ccc2oc(N3CCC(N4CCOCC4)CC3)nc2c1. The Balaban J connectivity index is 1.43. The molecule has 0 N–H and O–H groups in total. The minimum atomic E-state index is 0.687. The van der Waals surface area contributed by atoms with Gasteiger partial charge >= 0.3 is 0 Å². The number of hydrogen-bond acceptors (Lipinski definition) is 5. The van der Waals surface area contributed by atoms with Crippen molar-refractivity contribution in [1.29, 1.82) is 0 Å². The van der Waals surface area contributed by atoms with Crippen molar-refractivity contribution in [3.63, 3.8) is 0 Å². The average Bonchev–Trinajstić information content (AvgIpc) is 2.99. The number of fused-ring (bicyclic) bond motifs is 1. The first kappa shape index (κ1) is 14.0. The first-order valence-corrected chi connectivity index (χ1v) is 8.23. The molecule has 0 unspecified atom stereocenters. The van der Waals surface area contributed by atoms with Gasteiger partial charge in [-0.15, -0.1) is 0 Å². The summed E-state index contributed by atoms with van der Waals surface area (Å²) in [5.74, 6) is 0. The molecule has 5 nitrogen and oxygen atoms in total. The van der Waals surface area contributed by atoms with Crippen molar-refractivity contribution in [2.75, 3.05) is 44.3 Å². The van der Waals surface area contributed by atoms with Gasteiger partial charge in [-0.3, -0.25) is 4.90 Å². The second-order valence-electron chi connectivity index (χ2n) is 6.33. The lowest BCUT2D eigenvalue weighted by molar-refractivity contribution is 0.0113. The van der Waals surface area contributed by atoms with E-state index in [9.17, 15) is 0 Å². The lowest BCUT2D eigenvalue weighted by Gasteiger charge is -2.39. The van der Waals surface area contributed by atoms with Crippen LogP contribution in [0.1, 0.15) is 18.4 Å². The summed E-state index contributed by atoms with van der Waals surface area (Å²) >= 11 is 0. The summed E-state index contributed by atoms with van der Waals surface area (Å²) in [5.41, 5.74) is 3.07. The highest BCUT2D eigenvalue weighted by molar-refractivity contribution is 5.75. The molecule has 1 aromatic heterocycles. The monoisotopic (exact) mass is 301 g/mol. The maximum absolute atomic E-state index is 5.92. The molecule has 2 aliphatic heterocycles. The summed E-state index contributed by atoms with van der Waals surface area (Å²) in [6, 6.07) is 7.64. The molecule has 2 aromatic rings. The van der Waals surface area contributed by atoms with Crippen LogP contribution in [0.2, 0.25) is 0 Å². The highest BCUT2D eigenvalue weighted by atomic mass is 16.5. The Bertz CT molecular complexity index is 640. The smallest absolute Gasteiger partial charge is 0.298 e. The van der Waals surface area contributed by atoms with Gasteiger partial charge in [-0.05, 0) is 37.5 Å². The molecule has 118 valence electrons. The van der Waals surface area contributed by atoms with Crippen molar-refractivity contribution in [2.45, 2.75) is 25.8 Å². The normalized spacial score (nSPS) is 21.6. The predicted molar refractivity (Wildman–Crippen MR) is 86.4 cm³/mol. The molecule has 4 rings (SSSR count). The lowest BCUT2D eigenvalue weighted by atomic mass is 10.0. The van der Waals surface area contributed by atoms with Crippen molar-refractivity contribution < 1.29 is 9.15 Å². The van der Waals surface area contributed by atoms with Crippen LogP contribution in [0.4, 0.5) is 6.01 Å². The molecule has 0 saturated carbocycles. The van der Waals surface area contributed by atoms with Crippen LogP contribution >= 0.6 is 0 Å². The Labute approximate surface area is 130 Å². The third-order valence-corrected chi connectivity index (χ3v) is 4.83. The number of morpholine rings is 1. The molecule has 2 fully saturated rings. The van der Waals surface area contributed by atoms with Crippen molar-refractivity contribution >= 4 is 17.1 Å². The minimum Gasteiger partial charge on any atom is -0.423 e. The van der Waals surface area contributed by atoms with E-state index in [1.165, 1.54) is 18.4 Å². The van der Waals surface area contributed by atoms with Gasteiger partial charge < -0.3 is 14.1 Å². The number of rotatable bonds is 2. The molecule has 0 aliphatic carbocycles. The highest BCUT2D eigenvalue weighted by Gasteiger charge is 2.27. The number of anilines is 1. The molecule has 22 heavy (non-hydrogen) atoms. The summed E-state index contributed by atoms with van der Waals surface area (Å²) in [5, 5.41) is 0. The van der Waals surface area contributed by atoms with E-state index in [4.69, 9.17) is 9.15 Å². The highest BCUT2D eigenvalue weighted by Crippen LogP contribution is 2.26. The second-order valence-corrected chi connectivity index (χ2v) is 6.33. The number of oxazole rings is 1. The van der Waals surface area contributed by atoms with Crippen molar-refractivity contribution in [3.05, 3.63) is 23.8 Å². The Morgan fingerprint density at radius 1 is 1.09 bits per heavy atom. The number of benzene rings is 1. The summed E-state index contributed by atoms with van der Waals surface area (Å²) in [7, 11) is 0. The molecular weight excluding hydrogens is 278 g/mol. The van der Waals surface area contributed by atoms with Gasteiger partial charge in [0.15, 0.2) is 5.58 Å². The topological polar surface area (TPSA) is 41.7 Å². The Kier molecular flexibility index (Phi) is 3.76. The van der Waals surface area contributed by atoms with Crippen LogP contribution in [0.25, 0.3) is 11.1 Å². The Morgan fingerprint density at radius 3 is 2.64 bits per heavy atom. The van der Waals surface area contributed by atoms with Crippen LogP contribution in [-0.4, -0.2) is 55.3 Å². The van der Waals surface area contributed by atoms with Gasteiger partial charge in [0.05, 0.1) is 13.2 Å². The fraction of sp³-hybridized carbons (Fsp3) is 0.588. The molecule has 2 aliphatic rings. The Hall–Kier alpha value is -1.59. The standard InChI is InChI=1S/C17H23N3O2/c1-13-2-3-16-15(12-13)18-17(22-16)20-6-4-14(5-7-20)19-8-10-21-11-9-19/h2-3,12,14H,4-11H2,1H3. The zero-order valence-electron chi connectivity index (χ0n) is 13.1. The zero-order valence-corrected chi connectivity index (χ0v) is 13.1. The van der Waals surface area contributed by atoms with Gasteiger partial charge in [0.2, 0.25) is 0 Å². The van der Waals surface area contributed by atoms with Crippen LogP contribution in [0.5, 0.6) is 0 Å². The zero-order chi connectivity index (χ0) is 14.9. The number of nitrogens with zero attached hydrogens (tertiary/aromatic N) is 3. The molecule has 5 heteroatoms. The average molecular weight is 301 g/mol. The van der Waals surface area contributed by atoms with E-state index >= 15 is 0 Å². The lowest BCUT2D eigenvalue weighted by Crippen LogP contribution is -2.49. The van der Waals surface area contributed by atoms with E-state index in [2.05, 4.69) is 33.8 Å². The van der Waals surface area contributed by atoms with E-state index in [-0.39, 0.29) is 0 Å². The quantitative estimate of drug-likeness (QED) is 0.852. The van der Waals surface area contributed by atoms with Gasteiger partial charge in [0.25, 0.3) is 6.01 Å². The summed E-state index contributed by atoms with van der Waals surface area (Å²) in [6.45, 7) is 8.04. The number of aromatic nitrogens is 1. The van der Waals surface area contributed by atoms with Crippen LogP contribution in [0.3, 0.4) is 0 Å². The fourth-order valence-electron chi connectivity index (χ4n) is 3.53. The van der Waals surface area contributed by atoms with E-state index in [1.807, 2.05) is 6.07 Å². The third kappa shape index (κ3) is 2.71. The van der Waals surface area contributed by atoms with Gasteiger partial charge in [0.1, 0.15) is 5.52 Å². The van der Waals surface area contributed by atoms with Crippen LogP contribution in [-0.2, 0) is 4.74 Å². The number of ether oxygens (including phenoxy) is 1. The van der Waals surface area contributed by atoms with Gasteiger partial charge in [-0.25, -0.2) is 0 Å². The van der Waals surface area contributed by atoms with Crippen LogP contribution in [0, 0.1) is 6.92 Å². The maximum Gasteiger partial charge on any atom is 0.298 e. The van der Waals surface area contributed by atoms with Crippen LogP contribution in [0.15, 0.2) is 22.6 Å². The number of hydrogen-bond donors (Lipinski definition) is 0. The van der Waals surface area contributed by atoms with Crippen LogP contribution < -0.4 is 4.90 Å². The molecular formula is C17H23N3O2. The largest absolute Gasteiger partial charge is 0.423 e. The molecule has 0 atom stereocenters. The molecule has 2 saturated heterocycles. The molecule has 0 amide bonds. The predicted octanol–water partition coefficient (Wildman–Crippen LogP) is 2.44. The summed E-state index contributed by atoms with van der Waals surface area (Å²) in [6.07, 6.45) is 2.36. The van der Waals surface area contributed by atoms with E-state index < -0.39 is 0 Å². The van der Waals surface area contributed by atoms with Gasteiger partial charge in [-0.1, -0.05) is 6.07 Å². The summed E-state index contributed by atoms with van der Waals surface area (Å²) < 4.78 is 11.4. The summed E-state index contributed by atoms with van der Waals surface area (Å²) in [4.78, 5) is 9.52. The van der Waals surface area contributed by atoms with Gasteiger partial charge in [-0.2, -0.15) is 4.98 Å². The van der Waals surface area contributed by atoms with E-state index in [0.717, 1.165) is 56.5 Å². The number of aryl methyl sites for hydroxylation is 1. The first-order valence-electron chi connectivity index (χ1n) is 8.23. The van der Waals surface area contributed by atoms with E-state index in [1.54, 1.807) is 0 Å². The first-order chi connectivity index (χ1) is 10.8. The number of piperidine rings is 1. The second kappa shape index (κ2) is 5.89. The van der Waals surface area contributed by atoms with Gasteiger partial charge in [0, 0.05) is 32.2 Å². The minimum absolute atomic E-state index is 0.687. The van der Waals surface area contributed by atoms with Crippen molar-refractivity contribution in [2.24, 2.45) is 0 Å². The molecule has 1 aromatic carbocycles. The molecule has 0 bridgehead atoms. The Morgan fingerprint density at radius 2 is 1.86 bits per heavy atom. The maximum atomic E-state index is 5.92. The molecule has 3 heterocycles. The molecule has 0 radical (unpaired) electrons. The molecule has 0 spiro atoms. The van der Waals surface area contributed by atoms with E-state index in [0.29, 0.717) is 6.04 Å².